The van der Waals surface area contributed by atoms with Crippen molar-refractivity contribution >= 4 is 11.6 Å². The average Bonchev–Trinajstić information content (AvgIpc) is 2.38. The summed E-state index contributed by atoms with van der Waals surface area (Å²) in [6.45, 7) is 10.5. The lowest BCUT2D eigenvalue weighted by atomic mass is 10.1. The number of rotatable bonds is 5. The summed E-state index contributed by atoms with van der Waals surface area (Å²) in [7, 11) is 0. The molecular formula is C15H23ClN2O. The molecule has 1 heterocycles. The topological polar surface area (TPSA) is 24.5 Å². The van der Waals surface area contributed by atoms with Gasteiger partial charge in [-0.3, -0.25) is 0 Å². The van der Waals surface area contributed by atoms with E-state index in [1.165, 1.54) is 0 Å². The number of hydrogen-bond acceptors (Lipinski definition) is 3. The summed E-state index contributed by atoms with van der Waals surface area (Å²) in [5.41, 5.74) is 2.24. The summed E-state index contributed by atoms with van der Waals surface area (Å²) in [5.74, 6) is 0.990. The molecule has 1 saturated heterocycles. The van der Waals surface area contributed by atoms with E-state index in [0.717, 1.165) is 67.7 Å². The van der Waals surface area contributed by atoms with Gasteiger partial charge in [0.25, 0.3) is 0 Å². The molecule has 0 atom stereocenters. The van der Waals surface area contributed by atoms with Crippen LogP contribution in [0.5, 0.6) is 5.75 Å². The Morgan fingerprint density at radius 3 is 2.47 bits per heavy atom. The third kappa shape index (κ3) is 4.37. The van der Waals surface area contributed by atoms with E-state index < -0.39 is 0 Å². The fraction of sp³-hybridized carbons (Fsp3) is 0.600. The van der Waals surface area contributed by atoms with Crippen molar-refractivity contribution in [2.24, 2.45) is 0 Å². The molecule has 0 amide bonds. The molecule has 0 aliphatic carbocycles. The highest BCUT2D eigenvalue weighted by Crippen LogP contribution is 2.27. The zero-order valence-electron chi connectivity index (χ0n) is 11.8. The minimum absolute atomic E-state index is 0.771. The van der Waals surface area contributed by atoms with Crippen LogP contribution < -0.4 is 10.1 Å². The average molecular weight is 283 g/mol. The molecule has 1 fully saturated rings. The molecule has 0 bridgehead atoms. The molecular weight excluding hydrogens is 260 g/mol. The Bertz CT molecular complexity index is 394. The van der Waals surface area contributed by atoms with Gasteiger partial charge in [-0.25, -0.2) is 0 Å². The number of ether oxygens (including phenoxy) is 1. The second-order valence-electron chi connectivity index (χ2n) is 5.16. The highest BCUT2D eigenvalue weighted by atomic mass is 35.5. The van der Waals surface area contributed by atoms with Crippen LogP contribution in [-0.4, -0.2) is 44.2 Å². The minimum atomic E-state index is 0.771. The van der Waals surface area contributed by atoms with Crippen molar-refractivity contribution in [2.45, 2.75) is 20.3 Å². The van der Waals surface area contributed by atoms with Crippen molar-refractivity contribution in [3.8, 4) is 5.75 Å². The maximum absolute atomic E-state index is 6.02. The third-order valence-electron chi connectivity index (χ3n) is 3.50. The molecule has 1 N–H and O–H groups in total. The van der Waals surface area contributed by atoms with Gasteiger partial charge in [0.2, 0.25) is 0 Å². The first-order valence-corrected chi connectivity index (χ1v) is 7.37. The Kier molecular flexibility index (Phi) is 5.49. The monoisotopic (exact) mass is 282 g/mol. The molecule has 0 aromatic heterocycles. The van der Waals surface area contributed by atoms with E-state index in [0.29, 0.717) is 0 Å². The van der Waals surface area contributed by atoms with Crippen LogP contribution in [0.3, 0.4) is 0 Å². The lowest BCUT2D eigenvalue weighted by molar-refractivity contribution is 0.213. The molecule has 106 valence electrons. The molecule has 0 saturated carbocycles. The summed E-state index contributed by atoms with van der Waals surface area (Å²) in [5, 5.41) is 4.15. The normalized spacial score (nSPS) is 16.6. The fourth-order valence-electron chi connectivity index (χ4n) is 2.52. The summed E-state index contributed by atoms with van der Waals surface area (Å²) in [6.07, 6.45) is 1.07. The third-order valence-corrected chi connectivity index (χ3v) is 3.72. The first-order chi connectivity index (χ1) is 9.16. The highest BCUT2D eigenvalue weighted by molar-refractivity contribution is 6.30. The smallest absolute Gasteiger partial charge is 0.125 e. The molecule has 4 heteroatoms. The van der Waals surface area contributed by atoms with Crippen molar-refractivity contribution in [2.75, 3.05) is 39.3 Å². The van der Waals surface area contributed by atoms with E-state index in [1.807, 2.05) is 26.0 Å². The van der Waals surface area contributed by atoms with E-state index in [4.69, 9.17) is 16.3 Å². The minimum Gasteiger partial charge on any atom is -0.493 e. The van der Waals surface area contributed by atoms with E-state index >= 15 is 0 Å². The number of nitrogens with one attached hydrogen (secondary N) is 1. The van der Waals surface area contributed by atoms with Crippen molar-refractivity contribution in [1.29, 1.82) is 0 Å². The second kappa shape index (κ2) is 7.13. The zero-order valence-corrected chi connectivity index (χ0v) is 12.6. The van der Waals surface area contributed by atoms with Gasteiger partial charge >= 0.3 is 0 Å². The van der Waals surface area contributed by atoms with Gasteiger partial charge in [0, 0.05) is 37.7 Å². The largest absolute Gasteiger partial charge is 0.493 e. The Labute approximate surface area is 120 Å². The van der Waals surface area contributed by atoms with Gasteiger partial charge in [-0.1, -0.05) is 11.6 Å². The number of piperazine rings is 1. The molecule has 1 aliphatic rings. The lowest BCUT2D eigenvalue weighted by Gasteiger charge is -2.27. The Balaban J connectivity index is 1.76. The van der Waals surface area contributed by atoms with Crippen LogP contribution in [0.2, 0.25) is 5.02 Å². The summed E-state index contributed by atoms with van der Waals surface area (Å²) in [4.78, 5) is 2.49. The van der Waals surface area contributed by atoms with Gasteiger partial charge in [-0.05, 0) is 43.5 Å². The number of hydrogen-bond donors (Lipinski definition) is 1. The quantitative estimate of drug-likeness (QED) is 0.841. The number of aryl methyl sites for hydroxylation is 2. The van der Waals surface area contributed by atoms with Gasteiger partial charge in [0.1, 0.15) is 5.75 Å². The predicted molar refractivity (Wildman–Crippen MR) is 80.3 cm³/mol. The van der Waals surface area contributed by atoms with Crippen molar-refractivity contribution < 1.29 is 4.74 Å². The lowest BCUT2D eigenvalue weighted by Crippen LogP contribution is -2.43. The molecule has 0 radical (unpaired) electrons. The molecule has 0 unspecified atom stereocenters. The Hall–Kier alpha value is -0.770. The van der Waals surface area contributed by atoms with Crippen LogP contribution in [0.1, 0.15) is 17.5 Å². The van der Waals surface area contributed by atoms with Crippen molar-refractivity contribution in [3.63, 3.8) is 0 Å². The van der Waals surface area contributed by atoms with Crippen molar-refractivity contribution in [3.05, 3.63) is 28.3 Å². The van der Waals surface area contributed by atoms with E-state index in [1.54, 1.807) is 0 Å². The maximum atomic E-state index is 6.02. The maximum Gasteiger partial charge on any atom is 0.125 e. The molecule has 0 spiro atoms. The van der Waals surface area contributed by atoms with Crippen LogP contribution in [-0.2, 0) is 0 Å². The standard InChI is InChI=1S/C15H23ClN2O/c1-12-10-14(16)11-13(2)15(12)19-9-3-6-18-7-4-17-5-8-18/h10-11,17H,3-9H2,1-2H3. The van der Waals surface area contributed by atoms with Gasteiger partial charge in [-0.15, -0.1) is 0 Å². The van der Waals surface area contributed by atoms with E-state index in [-0.39, 0.29) is 0 Å². The zero-order chi connectivity index (χ0) is 13.7. The summed E-state index contributed by atoms with van der Waals surface area (Å²) < 4.78 is 5.91. The molecule has 19 heavy (non-hydrogen) atoms. The predicted octanol–water partition coefficient (Wildman–Crippen LogP) is 2.63. The van der Waals surface area contributed by atoms with Gasteiger partial charge < -0.3 is 15.0 Å². The first kappa shape index (κ1) is 14.6. The van der Waals surface area contributed by atoms with Crippen LogP contribution in [0, 0.1) is 13.8 Å². The van der Waals surface area contributed by atoms with Gasteiger partial charge in [0.15, 0.2) is 0 Å². The van der Waals surface area contributed by atoms with Crippen LogP contribution in [0.15, 0.2) is 12.1 Å². The van der Waals surface area contributed by atoms with Crippen molar-refractivity contribution in [1.82, 2.24) is 10.2 Å². The Morgan fingerprint density at radius 2 is 1.84 bits per heavy atom. The number of nitrogens with zero attached hydrogens (tertiary/aromatic N) is 1. The first-order valence-electron chi connectivity index (χ1n) is 6.99. The molecule has 1 aromatic rings. The highest BCUT2D eigenvalue weighted by Gasteiger charge is 2.09. The number of halogens is 1. The van der Waals surface area contributed by atoms with Crippen LogP contribution >= 0.6 is 11.6 Å². The van der Waals surface area contributed by atoms with E-state index in [2.05, 4.69) is 10.2 Å². The SMILES string of the molecule is Cc1cc(Cl)cc(C)c1OCCCN1CCNCC1. The van der Waals surface area contributed by atoms with Gasteiger partial charge in [-0.2, -0.15) is 0 Å². The fourth-order valence-corrected chi connectivity index (χ4v) is 2.85. The molecule has 2 rings (SSSR count). The number of benzene rings is 1. The van der Waals surface area contributed by atoms with E-state index in [9.17, 15) is 0 Å². The molecule has 1 aromatic carbocycles. The molecule has 1 aliphatic heterocycles. The Morgan fingerprint density at radius 1 is 1.21 bits per heavy atom. The summed E-state index contributed by atoms with van der Waals surface area (Å²) >= 11 is 6.02. The van der Waals surface area contributed by atoms with Crippen LogP contribution in [0.4, 0.5) is 0 Å². The second-order valence-corrected chi connectivity index (χ2v) is 5.60. The van der Waals surface area contributed by atoms with Crippen LogP contribution in [0.25, 0.3) is 0 Å². The summed E-state index contributed by atoms with van der Waals surface area (Å²) in [6, 6.07) is 3.92. The van der Waals surface area contributed by atoms with Gasteiger partial charge in [0.05, 0.1) is 6.61 Å². The molecule has 3 nitrogen and oxygen atoms in total.